The van der Waals surface area contributed by atoms with Gasteiger partial charge < -0.3 is 20.1 Å². The van der Waals surface area contributed by atoms with Crippen LogP contribution in [0, 0.1) is 0 Å². The molecule has 0 radical (unpaired) electrons. The lowest BCUT2D eigenvalue weighted by atomic mass is 10.1. The van der Waals surface area contributed by atoms with Crippen molar-refractivity contribution in [3.05, 3.63) is 88.6 Å². The average molecular weight is 478 g/mol. The van der Waals surface area contributed by atoms with Crippen molar-refractivity contribution in [2.75, 3.05) is 12.4 Å². The number of nitrogens with one attached hydrogen (secondary N) is 2. The Bertz CT molecular complexity index is 1240. The van der Waals surface area contributed by atoms with Crippen molar-refractivity contribution < 1.29 is 19.1 Å². The number of nitrogens with zero attached hydrogens (tertiary/aromatic N) is 3. The third-order valence-electron chi connectivity index (χ3n) is 4.81. The van der Waals surface area contributed by atoms with Gasteiger partial charge in [0.15, 0.2) is 11.5 Å². The van der Waals surface area contributed by atoms with Gasteiger partial charge in [-0.05, 0) is 42.0 Å². The minimum atomic E-state index is -0.252. The van der Waals surface area contributed by atoms with Crippen LogP contribution >= 0.6 is 11.3 Å². The molecule has 0 unspecified atom stereocenters. The smallest absolute Gasteiger partial charge is 0.251 e. The van der Waals surface area contributed by atoms with Crippen molar-refractivity contribution in [3.63, 3.8) is 0 Å². The lowest BCUT2D eigenvalue weighted by Crippen LogP contribution is -2.23. The fourth-order valence-electron chi connectivity index (χ4n) is 3.17. The highest BCUT2D eigenvalue weighted by molar-refractivity contribution is 7.07. The van der Waals surface area contributed by atoms with Crippen LogP contribution in [-0.4, -0.2) is 33.7 Å². The quantitative estimate of drug-likeness (QED) is 0.362. The average Bonchev–Trinajstić information content (AvgIpc) is 3.56. The van der Waals surface area contributed by atoms with Crippen LogP contribution in [0.25, 0.3) is 0 Å². The Labute approximate surface area is 200 Å². The summed E-state index contributed by atoms with van der Waals surface area (Å²) < 4.78 is 12.7. The lowest BCUT2D eigenvalue weighted by molar-refractivity contribution is -0.116. The number of aromatic nitrogens is 3. The second kappa shape index (κ2) is 11.1. The molecule has 0 atom stereocenters. The third-order valence-corrected chi connectivity index (χ3v) is 5.45. The molecular weight excluding hydrogens is 454 g/mol. The lowest BCUT2D eigenvalue weighted by Gasteiger charge is -2.12. The number of rotatable bonds is 10. The van der Waals surface area contributed by atoms with E-state index in [1.54, 1.807) is 52.9 Å². The van der Waals surface area contributed by atoms with E-state index in [0.29, 0.717) is 35.9 Å². The highest BCUT2D eigenvalue weighted by Crippen LogP contribution is 2.29. The molecule has 0 saturated carbocycles. The van der Waals surface area contributed by atoms with Crippen LogP contribution in [0.5, 0.6) is 11.5 Å². The van der Waals surface area contributed by atoms with Gasteiger partial charge in [0.25, 0.3) is 5.91 Å². The summed E-state index contributed by atoms with van der Waals surface area (Å²) in [4.78, 5) is 29.0. The maximum atomic E-state index is 12.7. The number of amides is 2. The molecule has 2 aromatic carbocycles. The molecular formula is C24H23N5O4S. The summed E-state index contributed by atoms with van der Waals surface area (Å²) >= 11 is 1.50. The van der Waals surface area contributed by atoms with Crippen molar-refractivity contribution in [1.82, 2.24) is 20.1 Å². The van der Waals surface area contributed by atoms with Crippen molar-refractivity contribution in [2.45, 2.75) is 19.7 Å². The van der Waals surface area contributed by atoms with Crippen molar-refractivity contribution in [1.29, 1.82) is 0 Å². The van der Waals surface area contributed by atoms with E-state index >= 15 is 0 Å². The van der Waals surface area contributed by atoms with Crippen LogP contribution in [0.15, 0.2) is 71.8 Å². The molecule has 2 amide bonds. The number of anilines is 1. The Morgan fingerprint density at radius 2 is 2.03 bits per heavy atom. The van der Waals surface area contributed by atoms with Gasteiger partial charge in [0.1, 0.15) is 13.2 Å². The third kappa shape index (κ3) is 6.20. The first-order valence-corrected chi connectivity index (χ1v) is 11.4. The summed E-state index contributed by atoms with van der Waals surface area (Å²) in [6, 6.07) is 14.1. The molecule has 174 valence electrons. The van der Waals surface area contributed by atoms with E-state index in [4.69, 9.17) is 9.47 Å². The number of thiazole rings is 1. The maximum absolute atomic E-state index is 12.7. The first-order chi connectivity index (χ1) is 16.6. The molecule has 0 aliphatic heterocycles. The standard InChI is InChI=1S/C24H23N5O4S/c1-32-22-11-18(6-7-21(22)33-14-20-15-34-16-26-20)24(31)25-12-17-4-2-5-19(10-17)28-23(30)13-29-9-3-8-27-29/h2-11,15-16H,12-14H2,1H3,(H,25,31)(H,28,30). The zero-order valence-corrected chi connectivity index (χ0v) is 19.2. The predicted octanol–water partition coefficient (Wildman–Crippen LogP) is 3.50. The molecule has 9 nitrogen and oxygen atoms in total. The molecule has 4 aromatic rings. The van der Waals surface area contributed by atoms with Crippen LogP contribution in [0.3, 0.4) is 0 Å². The van der Waals surface area contributed by atoms with Gasteiger partial charge in [-0.1, -0.05) is 12.1 Å². The summed E-state index contributed by atoms with van der Waals surface area (Å²) in [5, 5.41) is 11.7. The molecule has 0 spiro atoms. The summed E-state index contributed by atoms with van der Waals surface area (Å²) in [6.07, 6.45) is 3.34. The SMILES string of the molecule is COc1cc(C(=O)NCc2cccc(NC(=O)Cn3cccn3)c2)ccc1OCc1cscn1. The Morgan fingerprint density at radius 3 is 2.79 bits per heavy atom. The topological polar surface area (TPSA) is 107 Å². The number of benzene rings is 2. The minimum Gasteiger partial charge on any atom is -0.493 e. The molecule has 0 aliphatic rings. The van der Waals surface area contributed by atoms with Gasteiger partial charge in [0.2, 0.25) is 5.91 Å². The van der Waals surface area contributed by atoms with Crippen LogP contribution in [0.2, 0.25) is 0 Å². The Balaban J connectivity index is 1.33. The first kappa shape index (κ1) is 23.0. The summed E-state index contributed by atoms with van der Waals surface area (Å²) in [5.74, 6) is 0.557. The molecule has 2 N–H and O–H groups in total. The number of carbonyl (C=O) groups excluding carboxylic acids is 2. The molecule has 0 bridgehead atoms. The zero-order valence-electron chi connectivity index (χ0n) is 18.4. The van der Waals surface area contributed by atoms with Crippen molar-refractivity contribution >= 4 is 28.8 Å². The van der Waals surface area contributed by atoms with Gasteiger partial charge in [-0.25, -0.2) is 4.98 Å². The maximum Gasteiger partial charge on any atom is 0.251 e. The number of ether oxygens (including phenoxy) is 2. The van der Waals surface area contributed by atoms with Crippen LogP contribution < -0.4 is 20.1 Å². The normalized spacial score (nSPS) is 10.5. The Morgan fingerprint density at radius 1 is 1.12 bits per heavy atom. The number of carbonyl (C=O) groups is 2. The monoisotopic (exact) mass is 477 g/mol. The highest BCUT2D eigenvalue weighted by Gasteiger charge is 2.12. The molecule has 0 saturated heterocycles. The zero-order chi connectivity index (χ0) is 23.8. The summed E-state index contributed by atoms with van der Waals surface area (Å²) in [7, 11) is 1.53. The highest BCUT2D eigenvalue weighted by atomic mass is 32.1. The van der Waals surface area contributed by atoms with Gasteiger partial charge in [-0.3, -0.25) is 14.3 Å². The summed E-state index contributed by atoms with van der Waals surface area (Å²) in [6.45, 7) is 0.742. The number of methoxy groups -OCH3 is 1. The van der Waals surface area contributed by atoms with Gasteiger partial charge in [0.05, 0.1) is 18.3 Å². The van der Waals surface area contributed by atoms with E-state index in [1.807, 2.05) is 23.6 Å². The molecule has 0 fully saturated rings. The van der Waals surface area contributed by atoms with E-state index in [2.05, 4.69) is 20.7 Å². The van der Waals surface area contributed by atoms with E-state index in [0.717, 1.165) is 11.3 Å². The van der Waals surface area contributed by atoms with Gasteiger partial charge in [-0.2, -0.15) is 5.10 Å². The van der Waals surface area contributed by atoms with E-state index < -0.39 is 0 Å². The largest absolute Gasteiger partial charge is 0.493 e. The fraction of sp³-hybridized carbons (Fsp3) is 0.167. The minimum absolute atomic E-state index is 0.124. The molecule has 34 heavy (non-hydrogen) atoms. The molecule has 4 rings (SSSR count). The second-order valence-electron chi connectivity index (χ2n) is 7.27. The second-order valence-corrected chi connectivity index (χ2v) is 7.99. The number of hydrogen-bond acceptors (Lipinski definition) is 7. The Kier molecular flexibility index (Phi) is 7.51. The van der Waals surface area contributed by atoms with E-state index in [-0.39, 0.29) is 18.4 Å². The van der Waals surface area contributed by atoms with Crippen molar-refractivity contribution in [3.8, 4) is 11.5 Å². The van der Waals surface area contributed by atoms with E-state index in [9.17, 15) is 9.59 Å². The molecule has 0 aliphatic carbocycles. The van der Waals surface area contributed by atoms with Crippen LogP contribution in [0.4, 0.5) is 5.69 Å². The van der Waals surface area contributed by atoms with Crippen LogP contribution in [-0.2, 0) is 24.5 Å². The predicted molar refractivity (Wildman–Crippen MR) is 128 cm³/mol. The Hall–Kier alpha value is -4.18. The molecule has 10 heteroatoms. The van der Waals surface area contributed by atoms with Gasteiger partial charge in [0, 0.05) is 35.6 Å². The number of hydrogen-bond donors (Lipinski definition) is 2. The van der Waals surface area contributed by atoms with Crippen molar-refractivity contribution in [2.24, 2.45) is 0 Å². The van der Waals surface area contributed by atoms with Crippen LogP contribution in [0.1, 0.15) is 21.6 Å². The fourth-order valence-corrected chi connectivity index (χ4v) is 3.72. The van der Waals surface area contributed by atoms with E-state index in [1.165, 1.54) is 18.4 Å². The first-order valence-electron chi connectivity index (χ1n) is 10.4. The van der Waals surface area contributed by atoms with Gasteiger partial charge >= 0.3 is 0 Å². The van der Waals surface area contributed by atoms with Gasteiger partial charge in [-0.15, -0.1) is 11.3 Å². The summed E-state index contributed by atoms with van der Waals surface area (Å²) in [5.41, 5.74) is 4.51. The molecule has 2 aromatic heterocycles. The molecule has 2 heterocycles.